The highest BCUT2D eigenvalue weighted by Crippen LogP contribution is 2.27. The molecule has 0 aliphatic rings. The SMILES string of the molecule is CCCc1nc2ccc(Br)cc2c(=O)n1N=Cc1c(OCC#N)ccc2ccccc12. The minimum absolute atomic E-state index is 0.0776. The summed E-state index contributed by atoms with van der Waals surface area (Å²) in [6.07, 6.45) is 3.06. The fourth-order valence-electron chi connectivity index (χ4n) is 3.46. The Bertz CT molecular complexity index is 1400. The van der Waals surface area contributed by atoms with Gasteiger partial charge in [-0.05, 0) is 41.5 Å². The van der Waals surface area contributed by atoms with E-state index >= 15 is 0 Å². The molecule has 0 N–H and O–H groups in total. The van der Waals surface area contributed by atoms with Crippen molar-refractivity contribution in [3.8, 4) is 11.8 Å². The van der Waals surface area contributed by atoms with E-state index in [0.717, 1.165) is 21.7 Å². The Kier molecular flexibility index (Phi) is 6.10. The molecule has 0 aliphatic heterocycles. The second-order valence-corrected chi connectivity index (χ2v) is 7.86. The van der Waals surface area contributed by atoms with Crippen molar-refractivity contribution in [1.82, 2.24) is 9.66 Å². The molecule has 0 saturated carbocycles. The minimum atomic E-state index is -0.231. The van der Waals surface area contributed by atoms with Crippen LogP contribution < -0.4 is 10.3 Å². The number of halogens is 1. The Labute approximate surface area is 187 Å². The van der Waals surface area contributed by atoms with Crippen molar-refractivity contribution < 1.29 is 4.74 Å². The van der Waals surface area contributed by atoms with Crippen molar-refractivity contribution in [2.24, 2.45) is 5.10 Å². The van der Waals surface area contributed by atoms with Crippen LogP contribution >= 0.6 is 15.9 Å². The summed E-state index contributed by atoms with van der Waals surface area (Å²) < 4.78 is 7.78. The molecule has 0 saturated heterocycles. The van der Waals surface area contributed by atoms with Crippen molar-refractivity contribution in [2.75, 3.05) is 6.61 Å². The maximum absolute atomic E-state index is 13.2. The molecule has 3 aromatic carbocycles. The third kappa shape index (κ3) is 4.21. The molecule has 0 atom stereocenters. The lowest BCUT2D eigenvalue weighted by Gasteiger charge is -2.11. The molecule has 1 heterocycles. The lowest BCUT2D eigenvalue weighted by Crippen LogP contribution is -2.22. The number of nitrogens with zero attached hydrogens (tertiary/aromatic N) is 4. The summed E-state index contributed by atoms with van der Waals surface area (Å²) in [7, 11) is 0. The van der Waals surface area contributed by atoms with Crippen LogP contribution in [0.2, 0.25) is 0 Å². The smallest absolute Gasteiger partial charge is 0.282 e. The van der Waals surface area contributed by atoms with Crippen molar-refractivity contribution in [2.45, 2.75) is 19.8 Å². The van der Waals surface area contributed by atoms with Gasteiger partial charge >= 0.3 is 0 Å². The number of hydrogen-bond acceptors (Lipinski definition) is 5. The monoisotopic (exact) mass is 474 g/mol. The molecule has 0 radical (unpaired) electrons. The summed E-state index contributed by atoms with van der Waals surface area (Å²) in [6.45, 7) is 1.95. The van der Waals surface area contributed by atoms with Crippen LogP contribution in [0.25, 0.3) is 21.7 Å². The number of nitriles is 1. The average molecular weight is 475 g/mol. The van der Waals surface area contributed by atoms with Crippen LogP contribution in [0.3, 0.4) is 0 Å². The Morgan fingerprint density at radius 2 is 2.03 bits per heavy atom. The summed E-state index contributed by atoms with van der Waals surface area (Å²) in [6, 6.07) is 19.0. The normalized spacial score (nSPS) is 11.3. The fourth-order valence-corrected chi connectivity index (χ4v) is 3.82. The van der Waals surface area contributed by atoms with Crippen molar-refractivity contribution in [1.29, 1.82) is 5.26 Å². The van der Waals surface area contributed by atoms with Gasteiger partial charge in [0.1, 0.15) is 17.6 Å². The maximum Gasteiger partial charge on any atom is 0.282 e. The van der Waals surface area contributed by atoms with E-state index in [0.29, 0.717) is 34.5 Å². The zero-order valence-electron chi connectivity index (χ0n) is 16.9. The van der Waals surface area contributed by atoms with Crippen molar-refractivity contribution >= 4 is 43.8 Å². The molecule has 0 fully saturated rings. The first-order valence-electron chi connectivity index (χ1n) is 9.89. The van der Waals surface area contributed by atoms with E-state index in [2.05, 4.69) is 26.0 Å². The number of ether oxygens (including phenoxy) is 1. The van der Waals surface area contributed by atoms with Crippen molar-refractivity contribution in [3.05, 3.63) is 80.8 Å². The van der Waals surface area contributed by atoms with Gasteiger partial charge < -0.3 is 4.74 Å². The fraction of sp³-hybridized carbons (Fsp3) is 0.167. The largest absolute Gasteiger partial charge is 0.478 e. The van der Waals surface area contributed by atoms with E-state index in [1.165, 1.54) is 4.68 Å². The van der Waals surface area contributed by atoms with Crippen LogP contribution in [0, 0.1) is 11.3 Å². The number of hydrogen-bond donors (Lipinski definition) is 0. The van der Waals surface area contributed by atoms with Gasteiger partial charge in [-0.3, -0.25) is 4.79 Å². The van der Waals surface area contributed by atoms with E-state index in [4.69, 9.17) is 10.00 Å². The maximum atomic E-state index is 13.2. The summed E-state index contributed by atoms with van der Waals surface area (Å²) in [4.78, 5) is 17.9. The molecule has 0 bridgehead atoms. The molecule has 31 heavy (non-hydrogen) atoms. The summed E-state index contributed by atoms with van der Waals surface area (Å²) in [5.74, 6) is 1.13. The molecule has 1 aromatic heterocycles. The van der Waals surface area contributed by atoms with Crippen LogP contribution in [0.15, 0.2) is 69.0 Å². The van der Waals surface area contributed by atoms with Crippen LogP contribution in [0.5, 0.6) is 5.75 Å². The highest BCUT2D eigenvalue weighted by Gasteiger charge is 2.12. The average Bonchev–Trinajstić information content (AvgIpc) is 2.78. The summed E-state index contributed by atoms with van der Waals surface area (Å²) in [5.41, 5.74) is 1.12. The lowest BCUT2D eigenvalue weighted by atomic mass is 10.0. The molecule has 7 heteroatoms. The second-order valence-electron chi connectivity index (χ2n) is 6.95. The van der Waals surface area contributed by atoms with Crippen LogP contribution in [0.1, 0.15) is 24.7 Å². The van der Waals surface area contributed by atoms with E-state index in [1.54, 1.807) is 12.3 Å². The van der Waals surface area contributed by atoms with Gasteiger partial charge in [-0.25, -0.2) is 4.98 Å². The Hall–Kier alpha value is -3.50. The number of aromatic nitrogens is 2. The predicted molar refractivity (Wildman–Crippen MR) is 126 cm³/mol. The van der Waals surface area contributed by atoms with Gasteiger partial charge in [-0.1, -0.05) is 53.2 Å². The van der Waals surface area contributed by atoms with Gasteiger partial charge in [0.15, 0.2) is 6.61 Å². The number of fused-ring (bicyclic) bond motifs is 2. The molecule has 4 aromatic rings. The summed E-state index contributed by atoms with van der Waals surface area (Å²) >= 11 is 3.42. The van der Waals surface area contributed by atoms with E-state index in [-0.39, 0.29) is 12.2 Å². The third-order valence-corrected chi connectivity index (χ3v) is 5.37. The summed E-state index contributed by atoms with van der Waals surface area (Å²) in [5, 5.41) is 15.9. The van der Waals surface area contributed by atoms with E-state index in [1.807, 2.05) is 61.5 Å². The Balaban J connectivity index is 1.91. The Morgan fingerprint density at radius 1 is 1.19 bits per heavy atom. The van der Waals surface area contributed by atoms with Gasteiger partial charge in [0.25, 0.3) is 5.56 Å². The van der Waals surface area contributed by atoms with Crippen LogP contribution in [-0.4, -0.2) is 22.5 Å². The van der Waals surface area contributed by atoms with E-state index in [9.17, 15) is 4.79 Å². The molecule has 0 amide bonds. The molecule has 0 spiro atoms. The first-order chi connectivity index (χ1) is 15.1. The third-order valence-electron chi connectivity index (χ3n) is 4.87. The highest BCUT2D eigenvalue weighted by atomic mass is 79.9. The topological polar surface area (TPSA) is 80.3 Å². The zero-order chi connectivity index (χ0) is 21.8. The van der Waals surface area contributed by atoms with Gasteiger partial charge in [-0.2, -0.15) is 15.0 Å². The minimum Gasteiger partial charge on any atom is -0.478 e. The number of benzene rings is 3. The van der Waals surface area contributed by atoms with E-state index < -0.39 is 0 Å². The molecule has 154 valence electrons. The molecule has 4 rings (SSSR count). The van der Waals surface area contributed by atoms with Gasteiger partial charge in [0.2, 0.25) is 0 Å². The number of rotatable bonds is 6. The second kappa shape index (κ2) is 9.11. The molecular weight excluding hydrogens is 456 g/mol. The van der Waals surface area contributed by atoms with Gasteiger partial charge in [0, 0.05) is 16.5 Å². The predicted octanol–water partition coefficient (Wildman–Crippen LogP) is 5.05. The first kappa shape index (κ1) is 20.8. The van der Waals surface area contributed by atoms with Crippen LogP contribution in [0.4, 0.5) is 0 Å². The van der Waals surface area contributed by atoms with Crippen molar-refractivity contribution in [3.63, 3.8) is 0 Å². The van der Waals surface area contributed by atoms with Gasteiger partial charge in [-0.15, -0.1) is 0 Å². The van der Waals surface area contributed by atoms with Gasteiger partial charge in [0.05, 0.1) is 17.1 Å². The highest BCUT2D eigenvalue weighted by molar-refractivity contribution is 9.10. The molecular formula is C24H19BrN4O2. The van der Waals surface area contributed by atoms with Crippen LogP contribution in [-0.2, 0) is 6.42 Å². The quantitative estimate of drug-likeness (QED) is 0.366. The molecule has 0 unspecified atom stereocenters. The lowest BCUT2D eigenvalue weighted by molar-refractivity contribution is 0.368. The molecule has 6 nitrogen and oxygen atoms in total. The first-order valence-corrected chi connectivity index (χ1v) is 10.7. The standard InChI is InChI=1S/C24H19BrN4O2/c1-2-5-23-28-21-10-9-17(25)14-19(21)24(30)29(23)27-15-20-18-7-4-3-6-16(18)8-11-22(20)31-13-12-26/h3-4,6-11,14-15H,2,5,13H2,1H3. The number of aryl methyl sites for hydroxylation is 1. The zero-order valence-corrected chi connectivity index (χ0v) is 18.5. The Morgan fingerprint density at radius 3 is 2.84 bits per heavy atom. The molecule has 0 aliphatic carbocycles.